The predicted octanol–water partition coefficient (Wildman–Crippen LogP) is -0.508. The van der Waals surface area contributed by atoms with Gasteiger partial charge in [0.25, 0.3) is 5.91 Å². The van der Waals surface area contributed by atoms with Gasteiger partial charge < -0.3 is 15.7 Å². The Balaban J connectivity index is 1.76. The molecule has 3 N–H and O–H groups in total. The molecule has 1 fully saturated rings. The molecule has 3 heterocycles. The maximum Gasteiger partial charge on any atom is 0.254 e. The molecule has 1 aliphatic rings. The van der Waals surface area contributed by atoms with Crippen molar-refractivity contribution in [3.63, 3.8) is 0 Å². The molecule has 0 radical (unpaired) electrons. The van der Waals surface area contributed by atoms with Crippen molar-refractivity contribution in [3.8, 4) is 0 Å². The zero-order chi connectivity index (χ0) is 14.2. The zero-order valence-electron chi connectivity index (χ0n) is 11.3. The van der Waals surface area contributed by atoms with Crippen LogP contribution in [0.3, 0.4) is 0 Å². The van der Waals surface area contributed by atoms with Gasteiger partial charge in [0.15, 0.2) is 5.65 Å². The van der Waals surface area contributed by atoms with E-state index in [0.29, 0.717) is 24.2 Å². The van der Waals surface area contributed by atoms with Gasteiger partial charge in [-0.3, -0.25) is 4.79 Å². The molecule has 7 heteroatoms. The van der Waals surface area contributed by atoms with E-state index in [2.05, 4.69) is 20.7 Å². The first-order chi connectivity index (χ1) is 9.59. The van der Waals surface area contributed by atoms with Gasteiger partial charge in [0.05, 0.1) is 23.1 Å². The highest BCUT2D eigenvalue weighted by Crippen LogP contribution is 2.14. The summed E-state index contributed by atoms with van der Waals surface area (Å²) in [6.45, 7) is 3.33. The molecule has 1 saturated heterocycles. The predicted molar refractivity (Wildman–Crippen MR) is 72.5 cm³/mol. The summed E-state index contributed by atoms with van der Waals surface area (Å²) in [5, 5.41) is 20.2. The molecule has 1 aliphatic heterocycles. The van der Waals surface area contributed by atoms with Gasteiger partial charge in [-0.15, -0.1) is 0 Å². The molecule has 3 rings (SSSR count). The Labute approximate surface area is 116 Å². The Bertz CT molecular complexity index is 645. The Morgan fingerprint density at radius 3 is 3.25 bits per heavy atom. The number of hydrogen-bond donors (Lipinski definition) is 3. The summed E-state index contributed by atoms with van der Waals surface area (Å²) in [6.07, 6.45) is 3.82. The summed E-state index contributed by atoms with van der Waals surface area (Å²) < 4.78 is 1.63. The van der Waals surface area contributed by atoms with Gasteiger partial charge in [0.2, 0.25) is 0 Å². The molecule has 0 bridgehead atoms. The first-order valence-corrected chi connectivity index (χ1v) is 6.60. The van der Waals surface area contributed by atoms with Gasteiger partial charge in [-0.25, -0.2) is 9.50 Å². The maximum absolute atomic E-state index is 12.2. The number of nitrogens with zero attached hydrogens (tertiary/aromatic N) is 3. The molecule has 1 unspecified atom stereocenters. The smallest absolute Gasteiger partial charge is 0.254 e. The van der Waals surface area contributed by atoms with Crippen LogP contribution in [0.25, 0.3) is 5.65 Å². The minimum atomic E-state index is -0.854. The number of carbonyl (C=O) groups is 1. The number of rotatable bonds is 3. The number of aryl methyl sites for hydroxylation is 1. The van der Waals surface area contributed by atoms with E-state index in [1.807, 2.05) is 6.92 Å². The van der Waals surface area contributed by atoms with E-state index in [1.165, 1.54) is 0 Å². The number of hydrogen-bond acceptors (Lipinski definition) is 5. The Kier molecular flexibility index (Phi) is 3.15. The quantitative estimate of drug-likeness (QED) is 0.702. The van der Waals surface area contributed by atoms with Crippen LogP contribution in [0.1, 0.15) is 22.5 Å². The fourth-order valence-corrected chi connectivity index (χ4v) is 2.44. The van der Waals surface area contributed by atoms with Crippen LogP contribution in [0, 0.1) is 6.92 Å². The molecule has 0 saturated carbocycles. The first kappa shape index (κ1) is 13.0. The summed E-state index contributed by atoms with van der Waals surface area (Å²) in [5.41, 5.74) is 1.05. The normalized spacial score (nSPS) is 22.3. The van der Waals surface area contributed by atoms with Gasteiger partial charge in [0, 0.05) is 25.4 Å². The Hall–Kier alpha value is -1.99. The van der Waals surface area contributed by atoms with Crippen molar-refractivity contribution in [2.45, 2.75) is 18.9 Å². The Morgan fingerprint density at radius 1 is 1.65 bits per heavy atom. The van der Waals surface area contributed by atoms with Crippen molar-refractivity contribution in [1.29, 1.82) is 0 Å². The van der Waals surface area contributed by atoms with Crippen molar-refractivity contribution in [2.75, 3.05) is 19.6 Å². The highest BCUT2D eigenvalue weighted by Gasteiger charge is 2.31. The van der Waals surface area contributed by atoms with E-state index in [-0.39, 0.29) is 12.5 Å². The van der Waals surface area contributed by atoms with E-state index in [1.54, 1.807) is 23.0 Å². The van der Waals surface area contributed by atoms with Gasteiger partial charge >= 0.3 is 0 Å². The number of fused-ring (bicyclic) bond motifs is 1. The Morgan fingerprint density at radius 2 is 2.50 bits per heavy atom. The summed E-state index contributed by atoms with van der Waals surface area (Å²) in [5.74, 6) is -0.243. The standard InChI is InChI=1S/C13H17N5O2/c1-9-10(6-15-11-2-4-17-18(9)11)12(19)16-8-13(20)3-5-14-7-13/h2,4,6,14,20H,3,5,7-8H2,1H3,(H,16,19). The first-order valence-electron chi connectivity index (χ1n) is 6.60. The molecule has 7 nitrogen and oxygen atoms in total. The molecular formula is C13H17N5O2. The van der Waals surface area contributed by atoms with Gasteiger partial charge in [-0.2, -0.15) is 5.10 Å². The van der Waals surface area contributed by atoms with Crippen molar-refractivity contribution in [3.05, 3.63) is 29.7 Å². The molecular weight excluding hydrogens is 258 g/mol. The minimum Gasteiger partial charge on any atom is -0.387 e. The highest BCUT2D eigenvalue weighted by atomic mass is 16.3. The van der Waals surface area contributed by atoms with Crippen LogP contribution < -0.4 is 10.6 Å². The van der Waals surface area contributed by atoms with E-state index in [4.69, 9.17) is 0 Å². The van der Waals surface area contributed by atoms with Crippen LogP contribution >= 0.6 is 0 Å². The molecule has 20 heavy (non-hydrogen) atoms. The maximum atomic E-state index is 12.2. The van der Waals surface area contributed by atoms with E-state index in [0.717, 1.165) is 12.2 Å². The summed E-state index contributed by atoms with van der Waals surface area (Å²) in [7, 11) is 0. The summed E-state index contributed by atoms with van der Waals surface area (Å²) in [6, 6.07) is 1.78. The average Bonchev–Trinajstić information content (AvgIpc) is 3.06. The molecule has 0 aromatic carbocycles. The minimum absolute atomic E-state index is 0.232. The zero-order valence-corrected chi connectivity index (χ0v) is 11.3. The molecule has 1 atom stereocenters. The third-order valence-corrected chi connectivity index (χ3v) is 3.70. The molecule has 1 amide bonds. The monoisotopic (exact) mass is 275 g/mol. The fourth-order valence-electron chi connectivity index (χ4n) is 2.44. The second-order valence-electron chi connectivity index (χ2n) is 5.19. The number of amides is 1. The van der Waals surface area contributed by atoms with Crippen LogP contribution in [-0.2, 0) is 0 Å². The number of carbonyl (C=O) groups excluding carboxylic acids is 1. The number of nitrogens with one attached hydrogen (secondary N) is 2. The lowest BCUT2D eigenvalue weighted by molar-refractivity contribution is 0.0561. The molecule has 106 valence electrons. The van der Waals surface area contributed by atoms with Crippen molar-refractivity contribution in [1.82, 2.24) is 25.2 Å². The van der Waals surface area contributed by atoms with Gasteiger partial charge in [0.1, 0.15) is 0 Å². The van der Waals surface area contributed by atoms with E-state index in [9.17, 15) is 9.90 Å². The lowest BCUT2D eigenvalue weighted by Crippen LogP contribution is -2.44. The van der Waals surface area contributed by atoms with Crippen LogP contribution in [-0.4, -0.2) is 50.8 Å². The van der Waals surface area contributed by atoms with Crippen LogP contribution in [0.5, 0.6) is 0 Å². The molecule has 0 aliphatic carbocycles. The fraction of sp³-hybridized carbons (Fsp3) is 0.462. The largest absolute Gasteiger partial charge is 0.387 e. The highest BCUT2D eigenvalue weighted by molar-refractivity contribution is 5.95. The summed E-state index contributed by atoms with van der Waals surface area (Å²) in [4.78, 5) is 16.4. The van der Waals surface area contributed by atoms with E-state index >= 15 is 0 Å². The van der Waals surface area contributed by atoms with Crippen LogP contribution in [0.2, 0.25) is 0 Å². The lowest BCUT2D eigenvalue weighted by Gasteiger charge is -2.21. The average molecular weight is 275 g/mol. The van der Waals surface area contributed by atoms with Crippen molar-refractivity contribution >= 4 is 11.6 Å². The van der Waals surface area contributed by atoms with Gasteiger partial charge in [-0.05, 0) is 19.9 Å². The second-order valence-corrected chi connectivity index (χ2v) is 5.19. The van der Waals surface area contributed by atoms with E-state index < -0.39 is 5.60 Å². The molecule has 2 aromatic rings. The topological polar surface area (TPSA) is 91.5 Å². The third kappa shape index (κ3) is 2.25. The second kappa shape index (κ2) is 4.84. The van der Waals surface area contributed by atoms with Gasteiger partial charge in [-0.1, -0.05) is 0 Å². The molecule has 0 spiro atoms. The third-order valence-electron chi connectivity index (χ3n) is 3.70. The SMILES string of the molecule is Cc1c(C(=O)NCC2(O)CCNC2)cnc2ccnn12. The van der Waals surface area contributed by atoms with Crippen molar-refractivity contribution in [2.24, 2.45) is 0 Å². The van der Waals surface area contributed by atoms with Crippen molar-refractivity contribution < 1.29 is 9.90 Å². The number of aliphatic hydroxyl groups is 1. The van der Waals surface area contributed by atoms with Crippen LogP contribution in [0.4, 0.5) is 0 Å². The number of β-amino-alcohol motifs (C(OH)–C–C–N with tert-alkyl or cyclic N) is 1. The molecule has 2 aromatic heterocycles. The summed E-state index contributed by atoms with van der Waals surface area (Å²) >= 11 is 0. The van der Waals surface area contributed by atoms with Crippen LogP contribution in [0.15, 0.2) is 18.5 Å². The number of aromatic nitrogens is 3. The lowest BCUT2D eigenvalue weighted by atomic mass is 10.0.